The van der Waals surface area contributed by atoms with Crippen LogP contribution in [0.5, 0.6) is 0 Å². The summed E-state index contributed by atoms with van der Waals surface area (Å²) in [7, 11) is 3.96. The Hall–Kier alpha value is -0.930. The number of halogens is 1. The molecule has 0 aliphatic heterocycles. The summed E-state index contributed by atoms with van der Waals surface area (Å²) in [6, 6.07) is 6.51. The first-order valence-electron chi connectivity index (χ1n) is 4.70. The molecule has 1 aromatic rings. The van der Waals surface area contributed by atoms with Crippen LogP contribution in [0.3, 0.4) is 0 Å². The van der Waals surface area contributed by atoms with Crippen LogP contribution in [0.1, 0.15) is 18.5 Å². The maximum Gasteiger partial charge on any atom is 0.123 e. The van der Waals surface area contributed by atoms with E-state index in [1.54, 1.807) is 12.1 Å². The summed E-state index contributed by atoms with van der Waals surface area (Å²) in [5.74, 6) is -0.224. The normalized spacial score (nSPS) is 15.6. The first-order valence-corrected chi connectivity index (χ1v) is 4.70. The van der Waals surface area contributed by atoms with Crippen LogP contribution in [0, 0.1) is 5.82 Å². The molecule has 1 rings (SSSR count). The van der Waals surface area contributed by atoms with Crippen molar-refractivity contribution in [2.75, 3.05) is 14.1 Å². The van der Waals surface area contributed by atoms with Gasteiger partial charge in [-0.25, -0.2) is 4.39 Å². The minimum atomic E-state index is -0.224. The molecule has 0 amide bonds. The summed E-state index contributed by atoms with van der Waals surface area (Å²) in [6.07, 6.45) is 0. The third-order valence-electron chi connectivity index (χ3n) is 2.59. The van der Waals surface area contributed by atoms with Crippen LogP contribution >= 0.6 is 0 Å². The number of nitrogens with zero attached hydrogens (tertiary/aromatic N) is 1. The fourth-order valence-electron chi connectivity index (χ4n) is 1.28. The van der Waals surface area contributed by atoms with E-state index in [1.165, 1.54) is 12.1 Å². The highest BCUT2D eigenvalue weighted by Gasteiger charge is 2.16. The third-order valence-corrected chi connectivity index (χ3v) is 2.59. The van der Waals surface area contributed by atoms with E-state index in [-0.39, 0.29) is 17.9 Å². The Kier molecular flexibility index (Phi) is 3.61. The summed E-state index contributed by atoms with van der Waals surface area (Å²) in [6.45, 7) is 2.05. The van der Waals surface area contributed by atoms with Crippen LogP contribution in [0.25, 0.3) is 0 Å². The zero-order valence-electron chi connectivity index (χ0n) is 8.87. The predicted octanol–water partition coefficient (Wildman–Crippen LogP) is 1.78. The first kappa shape index (κ1) is 11.1. The van der Waals surface area contributed by atoms with E-state index in [4.69, 9.17) is 5.73 Å². The van der Waals surface area contributed by atoms with Gasteiger partial charge in [0.2, 0.25) is 0 Å². The van der Waals surface area contributed by atoms with E-state index >= 15 is 0 Å². The second kappa shape index (κ2) is 4.53. The van der Waals surface area contributed by atoms with Crippen LogP contribution < -0.4 is 5.73 Å². The van der Waals surface area contributed by atoms with Gasteiger partial charge in [0.1, 0.15) is 5.82 Å². The van der Waals surface area contributed by atoms with Gasteiger partial charge < -0.3 is 10.6 Å². The van der Waals surface area contributed by atoms with Gasteiger partial charge in [0.15, 0.2) is 0 Å². The molecule has 0 aliphatic rings. The number of hydrogen-bond acceptors (Lipinski definition) is 2. The highest BCUT2D eigenvalue weighted by atomic mass is 19.1. The average Bonchev–Trinajstić information content (AvgIpc) is 2.16. The Morgan fingerprint density at radius 3 is 2.14 bits per heavy atom. The molecule has 0 saturated carbocycles. The van der Waals surface area contributed by atoms with E-state index in [1.807, 2.05) is 25.9 Å². The molecular weight excluding hydrogens is 179 g/mol. The molecular formula is C11H17FN2. The number of hydrogen-bond donors (Lipinski definition) is 1. The first-order chi connectivity index (χ1) is 6.52. The minimum absolute atomic E-state index is 0.0781. The van der Waals surface area contributed by atoms with Crippen molar-refractivity contribution in [2.24, 2.45) is 5.73 Å². The van der Waals surface area contributed by atoms with Gasteiger partial charge in [0.05, 0.1) is 0 Å². The van der Waals surface area contributed by atoms with Crippen LogP contribution in [-0.2, 0) is 0 Å². The quantitative estimate of drug-likeness (QED) is 0.798. The van der Waals surface area contributed by atoms with E-state index in [2.05, 4.69) is 0 Å². The summed E-state index contributed by atoms with van der Waals surface area (Å²) < 4.78 is 12.7. The topological polar surface area (TPSA) is 29.3 Å². The highest BCUT2D eigenvalue weighted by Crippen LogP contribution is 2.16. The lowest BCUT2D eigenvalue weighted by atomic mass is 10.0. The van der Waals surface area contributed by atoms with Crippen molar-refractivity contribution in [2.45, 2.75) is 19.0 Å². The van der Waals surface area contributed by atoms with Gasteiger partial charge in [-0.2, -0.15) is 0 Å². The van der Waals surface area contributed by atoms with Gasteiger partial charge in [0.25, 0.3) is 0 Å². The maximum absolute atomic E-state index is 12.7. The van der Waals surface area contributed by atoms with E-state index in [0.29, 0.717) is 0 Å². The minimum Gasteiger partial charge on any atom is -0.323 e. The smallest absolute Gasteiger partial charge is 0.123 e. The second-order valence-electron chi connectivity index (χ2n) is 3.78. The van der Waals surface area contributed by atoms with Crippen molar-refractivity contribution in [3.8, 4) is 0 Å². The molecule has 2 N–H and O–H groups in total. The van der Waals surface area contributed by atoms with Gasteiger partial charge >= 0.3 is 0 Å². The molecule has 1 aromatic carbocycles. The number of rotatable bonds is 3. The molecule has 0 aromatic heterocycles. The fraction of sp³-hybridized carbons (Fsp3) is 0.455. The van der Waals surface area contributed by atoms with Crippen molar-refractivity contribution in [3.63, 3.8) is 0 Å². The molecule has 0 heterocycles. The predicted molar refractivity (Wildman–Crippen MR) is 56.5 cm³/mol. The van der Waals surface area contributed by atoms with Crippen LogP contribution in [-0.4, -0.2) is 25.0 Å². The van der Waals surface area contributed by atoms with Crippen molar-refractivity contribution >= 4 is 0 Å². The number of nitrogens with two attached hydrogens (primary N) is 1. The SMILES string of the molecule is CC(C(N)c1ccc(F)cc1)N(C)C. The Morgan fingerprint density at radius 2 is 1.71 bits per heavy atom. The lowest BCUT2D eigenvalue weighted by molar-refractivity contribution is 0.274. The summed E-state index contributed by atoms with van der Waals surface area (Å²) in [4.78, 5) is 2.05. The van der Waals surface area contributed by atoms with Crippen molar-refractivity contribution < 1.29 is 4.39 Å². The standard InChI is InChI=1S/C11H17FN2/c1-8(14(2)3)11(13)9-4-6-10(12)7-5-9/h4-8,11H,13H2,1-3H3. The average molecular weight is 196 g/mol. The molecule has 3 heteroatoms. The zero-order chi connectivity index (χ0) is 10.7. The number of likely N-dealkylation sites (N-methyl/N-ethyl adjacent to an activating group) is 1. The Bertz CT molecular complexity index is 282. The second-order valence-corrected chi connectivity index (χ2v) is 3.78. The molecule has 0 spiro atoms. The van der Waals surface area contributed by atoms with Gasteiger partial charge in [0, 0.05) is 12.1 Å². The molecule has 2 atom stereocenters. The molecule has 0 saturated heterocycles. The van der Waals surface area contributed by atoms with Crippen molar-refractivity contribution in [1.29, 1.82) is 0 Å². The summed E-state index contributed by atoms with van der Waals surface area (Å²) >= 11 is 0. The van der Waals surface area contributed by atoms with Crippen molar-refractivity contribution in [1.82, 2.24) is 4.90 Å². The monoisotopic (exact) mass is 196 g/mol. The van der Waals surface area contributed by atoms with Gasteiger partial charge in [-0.05, 0) is 38.7 Å². The number of benzene rings is 1. The lowest BCUT2D eigenvalue weighted by Crippen LogP contribution is -2.35. The summed E-state index contributed by atoms with van der Waals surface area (Å²) in [5, 5.41) is 0. The van der Waals surface area contributed by atoms with Gasteiger partial charge in [-0.3, -0.25) is 0 Å². The lowest BCUT2D eigenvalue weighted by Gasteiger charge is -2.26. The summed E-state index contributed by atoms with van der Waals surface area (Å²) in [5.41, 5.74) is 6.99. The van der Waals surface area contributed by atoms with Crippen LogP contribution in [0.15, 0.2) is 24.3 Å². The van der Waals surface area contributed by atoms with Crippen LogP contribution in [0.4, 0.5) is 4.39 Å². The molecule has 0 aliphatic carbocycles. The van der Waals surface area contributed by atoms with Crippen LogP contribution in [0.2, 0.25) is 0 Å². The molecule has 2 nitrogen and oxygen atoms in total. The molecule has 0 bridgehead atoms. The molecule has 78 valence electrons. The Balaban J connectivity index is 2.78. The molecule has 14 heavy (non-hydrogen) atoms. The highest BCUT2D eigenvalue weighted by molar-refractivity contribution is 5.20. The van der Waals surface area contributed by atoms with Gasteiger partial charge in [-0.15, -0.1) is 0 Å². The molecule has 0 fully saturated rings. The van der Waals surface area contributed by atoms with E-state index < -0.39 is 0 Å². The molecule has 2 unspecified atom stereocenters. The van der Waals surface area contributed by atoms with E-state index in [0.717, 1.165) is 5.56 Å². The van der Waals surface area contributed by atoms with Crippen molar-refractivity contribution in [3.05, 3.63) is 35.6 Å². The zero-order valence-corrected chi connectivity index (χ0v) is 8.87. The third kappa shape index (κ3) is 2.53. The van der Waals surface area contributed by atoms with Gasteiger partial charge in [-0.1, -0.05) is 12.1 Å². The maximum atomic E-state index is 12.7. The fourth-order valence-corrected chi connectivity index (χ4v) is 1.28. The Morgan fingerprint density at radius 1 is 1.21 bits per heavy atom. The molecule has 0 radical (unpaired) electrons. The Labute approximate surface area is 84.5 Å². The largest absolute Gasteiger partial charge is 0.323 e. The van der Waals surface area contributed by atoms with E-state index in [9.17, 15) is 4.39 Å².